The maximum atomic E-state index is 2.48. The van der Waals surface area contributed by atoms with Crippen LogP contribution >= 0.6 is 0 Å². The molecule has 4 atom stereocenters. The van der Waals surface area contributed by atoms with Gasteiger partial charge in [0, 0.05) is 0 Å². The molecule has 0 aromatic heterocycles. The fourth-order valence-corrected chi connectivity index (χ4v) is 3.35. The van der Waals surface area contributed by atoms with E-state index in [1.807, 2.05) is 0 Å². The molecule has 0 heterocycles. The van der Waals surface area contributed by atoms with Crippen molar-refractivity contribution in [3.8, 4) is 0 Å². The van der Waals surface area contributed by atoms with Crippen LogP contribution < -0.4 is 0 Å². The second-order valence-corrected chi connectivity index (χ2v) is 7.19. The van der Waals surface area contributed by atoms with Gasteiger partial charge in [0.2, 0.25) is 0 Å². The first kappa shape index (κ1) is 14.1. The van der Waals surface area contributed by atoms with Crippen LogP contribution in [-0.2, 0) is 0 Å². The van der Waals surface area contributed by atoms with Crippen molar-refractivity contribution in [2.24, 2.45) is 29.1 Å². The fourth-order valence-electron chi connectivity index (χ4n) is 3.35. The summed E-state index contributed by atoms with van der Waals surface area (Å²) in [4.78, 5) is 0. The molecule has 1 aliphatic rings. The molecular formula is C16H32. The van der Waals surface area contributed by atoms with Crippen LogP contribution in [-0.4, -0.2) is 0 Å². The van der Waals surface area contributed by atoms with Crippen LogP contribution in [0, 0.1) is 29.1 Å². The molecule has 96 valence electrons. The first-order valence-corrected chi connectivity index (χ1v) is 7.38. The van der Waals surface area contributed by atoms with E-state index in [0.717, 1.165) is 23.7 Å². The van der Waals surface area contributed by atoms with Gasteiger partial charge in [0.25, 0.3) is 0 Å². The third kappa shape index (κ3) is 3.25. The molecule has 0 aromatic rings. The molecule has 0 heteroatoms. The van der Waals surface area contributed by atoms with Crippen molar-refractivity contribution in [1.29, 1.82) is 0 Å². The van der Waals surface area contributed by atoms with Gasteiger partial charge in [-0.2, -0.15) is 0 Å². The summed E-state index contributed by atoms with van der Waals surface area (Å²) in [6.45, 7) is 14.5. The lowest BCUT2D eigenvalue weighted by Crippen LogP contribution is -2.42. The maximum Gasteiger partial charge on any atom is -0.0350 e. The number of hydrogen-bond donors (Lipinski definition) is 0. The van der Waals surface area contributed by atoms with Crippen molar-refractivity contribution in [2.75, 3.05) is 0 Å². The van der Waals surface area contributed by atoms with Crippen LogP contribution in [0.3, 0.4) is 0 Å². The monoisotopic (exact) mass is 224 g/mol. The summed E-state index contributed by atoms with van der Waals surface area (Å²) in [7, 11) is 0. The van der Waals surface area contributed by atoms with Gasteiger partial charge in [-0.05, 0) is 41.9 Å². The number of rotatable bonds is 5. The van der Waals surface area contributed by atoms with Crippen LogP contribution in [0.1, 0.15) is 73.6 Å². The van der Waals surface area contributed by atoms with E-state index in [0.29, 0.717) is 5.41 Å². The SMILES string of the molecule is CCCCCC1C(C)CC1C(C)C(C)(C)C. The molecule has 0 amide bonds. The van der Waals surface area contributed by atoms with Crippen LogP contribution in [0.5, 0.6) is 0 Å². The zero-order valence-electron chi connectivity index (χ0n) is 12.3. The molecule has 0 bridgehead atoms. The lowest BCUT2D eigenvalue weighted by atomic mass is 9.55. The highest BCUT2D eigenvalue weighted by Gasteiger charge is 2.43. The first-order valence-electron chi connectivity index (χ1n) is 7.38. The second-order valence-electron chi connectivity index (χ2n) is 7.19. The van der Waals surface area contributed by atoms with Gasteiger partial charge < -0.3 is 0 Å². The predicted molar refractivity (Wildman–Crippen MR) is 73.5 cm³/mol. The second kappa shape index (κ2) is 5.56. The van der Waals surface area contributed by atoms with Crippen molar-refractivity contribution in [2.45, 2.75) is 73.6 Å². The largest absolute Gasteiger partial charge is 0.0654 e. The van der Waals surface area contributed by atoms with Gasteiger partial charge in [0.05, 0.1) is 0 Å². The van der Waals surface area contributed by atoms with Crippen LogP contribution in [0.2, 0.25) is 0 Å². The Kier molecular flexibility index (Phi) is 4.88. The topological polar surface area (TPSA) is 0 Å². The Labute approximate surface area is 103 Å². The van der Waals surface area contributed by atoms with Gasteiger partial charge in [0.1, 0.15) is 0 Å². The predicted octanol–water partition coefficient (Wildman–Crippen LogP) is 5.52. The van der Waals surface area contributed by atoms with E-state index in [1.165, 1.54) is 32.1 Å². The van der Waals surface area contributed by atoms with Gasteiger partial charge in [0.15, 0.2) is 0 Å². The summed E-state index contributed by atoms with van der Waals surface area (Å²) in [6, 6.07) is 0. The summed E-state index contributed by atoms with van der Waals surface area (Å²) in [5, 5.41) is 0. The molecule has 1 fully saturated rings. The Morgan fingerprint density at radius 3 is 2.25 bits per heavy atom. The highest BCUT2D eigenvalue weighted by atomic mass is 14.5. The normalized spacial score (nSPS) is 32.2. The quantitative estimate of drug-likeness (QED) is 0.539. The summed E-state index contributed by atoms with van der Waals surface area (Å²) < 4.78 is 0. The molecule has 0 N–H and O–H groups in total. The summed E-state index contributed by atoms with van der Waals surface area (Å²) >= 11 is 0. The summed E-state index contributed by atoms with van der Waals surface area (Å²) in [6.07, 6.45) is 7.22. The molecule has 0 spiro atoms. The third-order valence-electron chi connectivity index (χ3n) is 5.07. The van der Waals surface area contributed by atoms with Gasteiger partial charge in [-0.15, -0.1) is 0 Å². The molecule has 0 aliphatic heterocycles. The van der Waals surface area contributed by atoms with E-state index < -0.39 is 0 Å². The van der Waals surface area contributed by atoms with Gasteiger partial charge in [-0.3, -0.25) is 0 Å². The minimum atomic E-state index is 0.494. The van der Waals surface area contributed by atoms with Crippen LogP contribution in [0.15, 0.2) is 0 Å². The van der Waals surface area contributed by atoms with Crippen LogP contribution in [0.25, 0.3) is 0 Å². The molecular weight excluding hydrogens is 192 g/mol. The minimum absolute atomic E-state index is 0.494. The molecule has 4 unspecified atom stereocenters. The average molecular weight is 224 g/mol. The standard InChI is InChI=1S/C16H32/c1-7-8-9-10-14-12(2)11-15(14)13(3)16(4,5)6/h12-15H,7-11H2,1-6H3. The Hall–Kier alpha value is 0. The molecule has 1 aliphatic carbocycles. The van der Waals surface area contributed by atoms with Crippen molar-refractivity contribution < 1.29 is 0 Å². The molecule has 0 aromatic carbocycles. The molecule has 0 radical (unpaired) electrons. The minimum Gasteiger partial charge on any atom is -0.0654 e. The van der Waals surface area contributed by atoms with E-state index in [9.17, 15) is 0 Å². The lowest BCUT2D eigenvalue weighted by molar-refractivity contribution is -0.00945. The Morgan fingerprint density at radius 1 is 1.19 bits per heavy atom. The highest BCUT2D eigenvalue weighted by Crippen LogP contribution is 2.51. The fraction of sp³-hybridized carbons (Fsp3) is 1.00. The van der Waals surface area contributed by atoms with Gasteiger partial charge in [-0.1, -0.05) is 60.8 Å². The van der Waals surface area contributed by atoms with E-state index >= 15 is 0 Å². The average Bonchev–Trinajstić information content (AvgIpc) is 2.18. The number of unbranched alkanes of at least 4 members (excludes halogenated alkanes) is 2. The molecule has 16 heavy (non-hydrogen) atoms. The Morgan fingerprint density at radius 2 is 1.81 bits per heavy atom. The zero-order chi connectivity index (χ0) is 12.3. The Bertz CT molecular complexity index is 199. The zero-order valence-corrected chi connectivity index (χ0v) is 12.3. The van der Waals surface area contributed by atoms with Crippen molar-refractivity contribution in [1.82, 2.24) is 0 Å². The van der Waals surface area contributed by atoms with E-state index in [1.54, 1.807) is 0 Å². The highest BCUT2D eigenvalue weighted by molar-refractivity contribution is 4.92. The van der Waals surface area contributed by atoms with Crippen molar-refractivity contribution >= 4 is 0 Å². The molecule has 0 saturated heterocycles. The van der Waals surface area contributed by atoms with Crippen molar-refractivity contribution in [3.05, 3.63) is 0 Å². The van der Waals surface area contributed by atoms with E-state index in [4.69, 9.17) is 0 Å². The molecule has 1 rings (SSSR count). The van der Waals surface area contributed by atoms with Gasteiger partial charge in [-0.25, -0.2) is 0 Å². The van der Waals surface area contributed by atoms with Crippen LogP contribution in [0.4, 0.5) is 0 Å². The molecule has 1 saturated carbocycles. The first-order chi connectivity index (χ1) is 7.38. The van der Waals surface area contributed by atoms with Crippen molar-refractivity contribution in [3.63, 3.8) is 0 Å². The molecule has 0 nitrogen and oxygen atoms in total. The summed E-state index contributed by atoms with van der Waals surface area (Å²) in [5.74, 6) is 3.91. The summed E-state index contributed by atoms with van der Waals surface area (Å²) in [5.41, 5.74) is 0.494. The van der Waals surface area contributed by atoms with Gasteiger partial charge >= 0.3 is 0 Å². The van der Waals surface area contributed by atoms with E-state index in [-0.39, 0.29) is 0 Å². The smallest absolute Gasteiger partial charge is 0.0350 e. The maximum absolute atomic E-state index is 2.48. The number of hydrogen-bond acceptors (Lipinski definition) is 0. The third-order valence-corrected chi connectivity index (χ3v) is 5.07. The van der Waals surface area contributed by atoms with E-state index in [2.05, 4.69) is 41.5 Å². The lowest BCUT2D eigenvalue weighted by Gasteiger charge is -2.50. The Balaban J connectivity index is 2.43.